The molecule has 0 aromatic heterocycles. The first-order valence-corrected chi connectivity index (χ1v) is 7.15. The summed E-state index contributed by atoms with van der Waals surface area (Å²) in [5.74, 6) is 1.25. The van der Waals surface area contributed by atoms with E-state index in [1.54, 1.807) is 0 Å². The molecule has 1 aliphatic rings. The average molecular weight is 263 g/mol. The maximum absolute atomic E-state index is 9.25. The van der Waals surface area contributed by atoms with Crippen LogP contribution in [0.5, 0.6) is 0 Å². The van der Waals surface area contributed by atoms with Crippen LogP contribution >= 0.6 is 11.6 Å². The van der Waals surface area contributed by atoms with Crippen molar-refractivity contribution >= 4 is 17.3 Å². The number of alkyl halides is 1. The van der Waals surface area contributed by atoms with Crippen molar-refractivity contribution in [1.29, 1.82) is 5.26 Å². The van der Waals surface area contributed by atoms with E-state index >= 15 is 0 Å². The Morgan fingerprint density at radius 3 is 3.00 bits per heavy atom. The number of nitrogens with zero attached hydrogens (tertiary/aromatic N) is 2. The zero-order chi connectivity index (χ0) is 13.0. The highest BCUT2D eigenvalue weighted by atomic mass is 35.5. The quantitative estimate of drug-likeness (QED) is 0.769. The predicted octanol–water partition coefficient (Wildman–Crippen LogP) is 3.92. The van der Waals surface area contributed by atoms with E-state index in [4.69, 9.17) is 11.6 Å². The SMILES string of the molecule is CCCC1CCN(c2ccc(CCl)cc2C#N)C1. The molecule has 0 saturated carbocycles. The zero-order valence-corrected chi connectivity index (χ0v) is 11.6. The van der Waals surface area contributed by atoms with Crippen molar-refractivity contribution in [2.75, 3.05) is 18.0 Å². The Kier molecular flexibility index (Phi) is 4.49. The lowest BCUT2D eigenvalue weighted by molar-refractivity contribution is 0.530. The standard InChI is InChI=1S/C15H19ClN2/c1-2-3-12-6-7-18(11-12)15-5-4-13(9-16)8-14(15)10-17/h4-5,8,12H,2-3,6-7,9,11H2,1H3. The Labute approximate surface area is 114 Å². The number of hydrogen-bond acceptors (Lipinski definition) is 2. The van der Waals surface area contributed by atoms with Gasteiger partial charge in [0.25, 0.3) is 0 Å². The maximum Gasteiger partial charge on any atom is 0.101 e. The molecular weight excluding hydrogens is 244 g/mol. The average Bonchev–Trinajstić information content (AvgIpc) is 2.87. The van der Waals surface area contributed by atoms with E-state index in [0.29, 0.717) is 5.88 Å². The molecule has 0 radical (unpaired) electrons. The smallest absolute Gasteiger partial charge is 0.101 e. The molecule has 1 unspecified atom stereocenters. The third-order valence-corrected chi connectivity index (χ3v) is 3.97. The summed E-state index contributed by atoms with van der Waals surface area (Å²) in [6.07, 6.45) is 3.78. The second-order valence-corrected chi connectivity index (χ2v) is 5.25. The van der Waals surface area contributed by atoms with E-state index in [9.17, 15) is 5.26 Å². The highest BCUT2D eigenvalue weighted by Crippen LogP contribution is 2.29. The largest absolute Gasteiger partial charge is 0.370 e. The number of anilines is 1. The first-order chi connectivity index (χ1) is 8.78. The number of halogens is 1. The van der Waals surface area contributed by atoms with Crippen molar-refractivity contribution in [2.24, 2.45) is 5.92 Å². The van der Waals surface area contributed by atoms with E-state index in [0.717, 1.165) is 35.8 Å². The van der Waals surface area contributed by atoms with E-state index in [1.807, 2.05) is 18.2 Å². The van der Waals surface area contributed by atoms with Crippen LogP contribution in [0, 0.1) is 17.2 Å². The Morgan fingerprint density at radius 1 is 1.50 bits per heavy atom. The maximum atomic E-state index is 9.25. The molecule has 0 amide bonds. The predicted molar refractivity (Wildman–Crippen MR) is 75.9 cm³/mol. The Morgan fingerprint density at radius 2 is 2.33 bits per heavy atom. The Balaban J connectivity index is 2.17. The van der Waals surface area contributed by atoms with Gasteiger partial charge in [-0.15, -0.1) is 11.6 Å². The lowest BCUT2D eigenvalue weighted by Gasteiger charge is -2.20. The summed E-state index contributed by atoms with van der Waals surface area (Å²) in [6.45, 7) is 4.39. The van der Waals surface area contributed by atoms with Gasteiger partial charge in [0.1, 0.15) is 6.07 Å². The molecule has 1 heterocycles. The molecule has 0 bridgehead atoms. The summed E-state index contributed by atoms with van der Waals surface area (Å²) in [5.41, 5.74) is 2.84. The van der Waals surface area contributed by atoms with Crippen LogP contribution in [0.2, 0.25) is 0 Å². The minimum Gasteiger partial charge on any atom is -0.370 e. The molecule has 96 valence electrons. The molecule has 1 aromatic rings. The molecule has 0 N–H and O–H groups in total. The minimum absolute atomic E-state index is 0.466. The lowest BCUT2D eigenvalue weighted by atomic mass is 10.0. The van der Waals surface area contributed by atoms with Crippen molar-refractivity contribution in [1.82, 2.24) is 0 Å². The molecule has 1 saturated heterocycles. The van der Waals surface area contributed by atoms with Gasteiger partial charge in [-0.1, -0.05) is 19.4 Å². The van der Waals surface area contributed by atoms with Gasteiger partial charge in [-0.25, -0.2) is 0 Å². The van der Waals surface area contributed by atoms with Crippen molar-refractivity contribution in [2.45, 2.75) is 32.1 Å². The normalized spacial score (nSPS) is 18.9. The van der Waals surface area contributed by atoms with Crippen LogP contribution in [-0.4, -0.2) is 13.1 Å². The summed E-state index contributed by atoms with van der Waals surface area (Å²) in [5, 5.41) is 9.25. The number of benzene rings is 1. The molecule has 18 heavy (non-hydrogen) atoms. The van der Waals surface area contributed by atoms with Gasteiger partial charge < -0.3 is 4.90 Å². The second-order valence-electron chi connectivity index (χ2n) is 4.99. The van der Waals surface area contributed by atoms with E-state index in [2.05, 4.69) is 17.9 Å². The molecule has 2 nitrogen and oxygen atoms in total. The van der Waals surface area contributed by atoms with Crippen LogP contribution < -0.4 is 4.90 Å². The summed E-state index contributed by atoms with van der Waals surface area (Å²) >= 11 is 5.81. The number of hydrogen-bond donors (Lipinski definition) is 0. The molecule has 2 rings (SSSR count). The molecule has 0 aliphatic carbocycles. The monoisotopic (exact) mass is 262 g/mol. The van der Waals surface area contributed by atoms with Gasteiger partial charge in [0, 0.05) is 19.0 Å². The molecular formula is C15H19ClN2. The third-order valence-electron chi connectivity index (χ3n) is 3.66. The summed E-state index contributed by atoms with van der Waals surface area (Å²) in [7, 11) is 0. The van der Waals surface area contributed by atoms with Crippen LogP contribution in [0.4, 0.5) is 5.69 Å². The molecule has 1 aliphatic heterocycles. The fourth-order valence-corrected chi connectivity index (χ4v) is 2.89. The summed E-state index contributed by atoms with van der Waals surface area (Å²) in [6, 6.07) is 8.28. The first-order valence-electron chi connectivity index (χ1n) is 6.62. The van der Waals surface area contributed by atoms with Gasteiger partial charge in [0.05, 0.1) is 11.3 Å². The van der Waals surface area contributed by atoms with E-state index < -0.39 is 0 Å². The third kappa shape index (κ3) is 2.79. The van der Waals surface area contributed by atoms with Crippen molar-refractivity contribution in [3.05, 3.63) is 29.3 Å². The molecule has 1 fully saturated rings. The van der Waals surface area contributed by atoms with Crippen LogP contribution in [-0.2, 0) is 5.88 Å². The fraction of sp³-hybridized carbons (Fsp3) is 0.533. The van der Waals surface area contributed by atoms with Gasteiger partial charge in [-0.05, 0) is 36.5 Å². The highest BCUT2D eigenvalue weighted by molar-refractivity contribution is 6.17. The zero-order valence-electron chi connectivity index (χ0n) is 10.8. The number of rotatable bonds is 4. The van der Waals surface area contributed by atoms with Gasteiger partial charge in [-0.2, -0.15) is 5.26 Å². The Hall–Kier alpha value is -1.20. The van der Waals surface area contributed by atoms with E-state index in [-0.39, 0.29) is 0 Å². The number of nitriles is 1. The van der Waals surface area contributed by atoms with Crippen LogP contribution in [0.25, 0.3) is 0 Å². The van der Waals surface area contributed by atoms with Gasteiger partial charge >= 0.3 is 0 Å². The van der Waals surface area contributed by atoms with Crippen LogP contribution in [0.1, 0.15) is 37.3 Å². The van der Waals surface area contributed by atoms with Crippen molar-refractivity contribution < 1.29 is 0 Å². The molecule has 1 aromatic carbocycles. The van der Waals surface area contributed by atoms with Crippen LogP contribution in [0.15, 0.2) is 18.2 Å². The van der Waals surface area contributed by atoms with Gasteiger partial charge in [-0.3, -0.25) is 0 Å². The minimum atomic E-state index is 0.466. The van der Waals surface area contributed by atoms with Gasteiger partial charge in [0.15, 0.2) is 0 Å². The van der Waals surface area contributed by atoms with Crippen molar-refractivity contribution in [3.8, 4) is 6.07 Å². The van der Waals surface area contributed by atoms with Crippen LogP contribution in [0.3, 0.4) is 0 Å². The summed E-state index contributed by atoms with van der Waals surface area (Å²) < 4.78 is 0. The summed E-state index contributed by atoms with van der Waals surface area (Å²) in [4.78, 5) is 2.34. The molecule has 0 spiro atoms. The van der Waals surface area contributed by atoms with Crippen molar-refractivity contribution in [3.63, 3.8) is 0 Å². The van der Waals surface area contributed by atoms with E-state index in [1.165, 1.54) is 19.3 Å². The first kappa shape index (κ1) is 13.2. The van der Waals surface area contributed by atoms with Gasteiger partial charge in [0.2, 0.25) is 0 Å². The highest BCUT2D eigenvalue weighted by Gasteiger charge is 2.23. The molecule has 1 atom stereocenters. The lowest BCUT2D eigenvalue weighted by Crippen LogP contribution is -2.20. The topological polar surface area (TPSA) is 27.0 Å². The Bertz CT molecular complexity index is 450. The second kappa shape index (κ2) is 6.11. The molecule has 3 heteroatoms. The fourth-order valence-electron chi connectivity index (χ4n) is 2.73.